The molecule has 2 amide bonds. The molecule has 2 heterocycles. The van der Waals surface area contributed by atoms with E-state index in [0.717, 1.165) is 66.1 Å². The van der Waals surface area contributed by atoms with Gasteiger partial charge in [0.1, 0.15) is 5.75 Å². The van der Waals surface area contributed by atoms with Crippen LogP contribution in [0.25, 0.3) is 6.08 Å². The maximum absolute atomic E-state index is 13.8. The van der Waals surface area contributed by atoms with Crippen molar-refractivity contribution in [2.24, 2.45) is 17.8 Å². The first-order valence-corrected chi connectivity index (χ1v) is 15.2. The topological polar surface area (TPSA) is 87.1 Å². The summed E-state index contributed by atoms with van der Waals surface area (Å²) in [6.07, 6.45) is 11.2. The van der Waals surface area contributed by atoms with Gasteiger partial charge < -0.3 is 14.8 Å². The Balaban J connectivity index is 1.37. The van der Waals surface area contributed by atoms with Gasteiger partial charge in [0.2, 0.25) is 11.8 Å². The number of amides is 2. The fourth-order valence-corrected chi connectivity index (χ4v) is 7.79. The Hall–Kier alpha value is -1.90. The van der Waals surface area contributed by atoms with Crippen molar-refractivity contribution < 1.29 is 24.4 Å². The summed E-state index contributed by atoms with van der Waals surface area (Å²) in [4.78, 5) is 28.9. The number of hydrogen-bond donors (Lipinski definition) is 2. The second-order valence-corrected chi connectivity index (χ2v) is 12.5. The number of halogens is 1. The molecule has 1 saturated carbocycles. The third-order valence-electron chi connectivity index (χ3n) is 9.07. The Kier molecular flexibility index (Phi) is 8.51. The van der Waals surface area contributed by atoms with Crippen molar-refractivity contribution in [3.8, 4) is 5.75 Å². The van der Waals surface area contributed by atoms with Gasteiger partial charge in [-0.25, -0.2) is 0 Å². The van der Waals surface area contributed by atoms with Crippen LogP contribution in [0.15, 0.2) is 39.4 Å². The second kappa shape index (κ2) is 11.7. The molecule has 2 N–H and O–H groups in total. The number of allylic oxidation sites excluding steroid dienone is 2. The Bertz CT molecular complexity index is 1140. The van der Waals surface area contributed by atoms with Crippen molar-refractivity contribution in [3.05, 3.63) is 45.0 Å². The number of carbonyl (C=O) groups is 2. The van der Waals surface area contributed by atoms with Crippen molar-refractivity contribution in [2.75, 3.05) is 0 Å². The molecule has 4 aliphatic rings. The molecule has 3 fully saturated rings. The van der Waals surface area contributed by atoms with Crippen LogP contribution in [0.5, 0.6) is 5.75 Å². The highest BCUT2D eigenvalue weighted by Gasteiger charge is 2.57. The number of carbonyl (C=O) groups excluding carboxylic acids is 2. The van der Waals surface area contributed by atoms with E-state index in [-0.39, 0.29) is 47.5 Å². The van der Waals surface area contributed by atoms with E-state index >= 15 is 0 Å². The van der Waals surface area contributed by atoms with Gasteiger partial charge in [-0.3, -0.25) is 14.5 Å². The maximum Gasteiger partial charge on any atom is 0.455 e. The first-order chi connectivity index (χ1) is 18.3. The minimum Gasteiger partial charge on any atom is -0.507 e. The molecule has 0 radical (unpaired) electrons. The van der Waals surface area contributed by atoms with E-state index in [0.29, 0.717) is 19.2 Å². The fraction of sp³-hybridized carbons (Fsp3) is 0.600. The molecule has 1 aromatic rings. The monoisotopic (exact) mass is 583 g/mol. The normalized spacial score (nSPS) is 28.7. The van der Waals surface area contributed by atoms with Crippen LogP contribution >= 0.6 is 15.9 Å². The predicted octanol–water partition coefficient (Wildman–Crippen LogP) is 6.27. The molecule has 0 aromatic heterocycles. The molecule has 0 spiro atoms. The molecular weight excluding hydrogens is 545 g/mol. The number of nitrogens with zero attached hydrogens (tertiary/aromatic N) is 1. The van der Waals surface area contributed by atoms with Gasteiger partial charge in [-0.15, -0.1) is 0 Å². The molecule has 1 aromatic carbocycles. The number of fused-ring (bicyclic) bond motifs is 3. The van der Waals surface area contributed by atoms with Crippen LogP contribution in [0.4, 0.5) is 0 Å². The third-order valence-corrected chi connectivity index (χ3v) is 9.57. The van der Waals surface area contributed by atoms with Crippen LogP contribution in [0.1, 0.15) is 83.6 Å². The molecule has 38 heavy (non-hydrogen) atoms. The molecule has 0 bridgehead atoms. The SMILES string of the molecule is CCC/C(=C\c1cc(Br)ccc1O)CC[C@H]1OB(O)C[C@H]2C1=C(C)C[C@H]1C(=O)N(C3CCCCC3)C(=O)[C@H]12. The Morgan fingerprint density at radius 2 is 1.92 bits per heavy atom. The van der Waals surface area contributed by atoms with Crippen LogP contribution in [-0.4, -0.2) is 46.1 Å². The van der Waals surface area contributed by atoms with Gasteiger partial charge >= 0.3 is 7.12 Å². The zero-order chi connectivity index (χ0) is 27.0. The summed E-state index contributed by atoms with van der Waals surface area (Å²) in [5.74, 6) is -0.612. The summed E-state index contributed by atoms with van der Waals surface area (Å²) in [6.45, 7) is 4.22. The van der Waals surface area contributed by atoms with Crippen molar-refractivity contribution >= 4 is 40.9 Å². The van der Waals surface area contributed by atoms with Crippen LogP contribution < -0.4 is 0 Å². The van der Waals surface area contributed by atoms with Crippen LogP contribution in [-0.2, 0) is 14.2 Å². The van der Waals surface area contributed by atoms with Crippen molar-refractivity contribution in [1.82, 2.24) is 4.90 Å². The quantitative estimate of drug-likeness (QED) is 0.224. The minimum atomic E-state index is -0.945. The lowest BCUT2D eigenvalue weighted by Crippen LogP contribution is -2.46. The number of hydrogen-bond acceptors (Lipinski definition) is 5. The van der Waals surface area contributed by atoms with E-state index in [1.807, 2.05) is 12.1 Å². The molecule has 2 aliphatic carbocycles. The fourth-order valence-electron chi connectivity index (χ4n) is 7.41. The number of phenols is 1. The summed E-state index contributed by atoms with van der Waals surface area (Å²) >= 11 is 3.49. The average Bonchev–Trinajstić information content (AvgIpc) is 3.14. The van der Waals surface area contributed by atoms with Gasteiger partial charge in [-0.1, -0.05) is 65.8 Å². The summed E-state index contributed by atoms with van der Waals surface area (Å²) in [5, 5.41) is 21.1. The number of phenolic OH excluding ortho intramolecular Hbond substituents is 1. The smallest absolute Gasteiger partial charge is 0.455 e. The van der Waals surface area contributed by atoms with Crippen molar-refractivity contribution in [3.63, 3.8) is 0 Å². The van der Waals surface area contributed by atoms with Gasteiger partial charge in [0.15, 0.2) is 0 Å². The second-order valence-electron chi connectivity index (χ2n) is 11.6. The van der Waals surface area contributed by atoms with E-state index in [1.165, 1.54) is 12.0 Å². The van der Waals surface area contributed by atoms with E-state index in [9.17, 15) is 19.7 Å². The molecule has 204 valence electrons. The lowest BCUT2D eigenvalue weighted by atomic mass is 9.58. The van der Waals surface area contributed by atoms with E-state index in [1.54, 1.807) is 11.0 Å². The van der Waals surface area contributed by atoms with E-state index in [2.05, 4.69) is 35.9 Å². The Labute approximate surface area is 234 Å². The number of likely N-dealkylation sites (tertiary alicyclic amines) is 1. The van der Waals surface area contributed by atoms with Crippen LogP contribution in [0.2, 0.25) is 6.32 Å². The molecule has 2 saturated heterocycles. The maximum atomic E-state index is 13.8. The predicted molar refractivity (Wildman–Crippen MR) is 152 cm³/mol. The minimum absolute atomic E-state index is 0.00447. The van der Waals surface area contributed by atoms with Gasteiger partial charge in [-0.2, -0.15) is 0 Å². The Morgan fingerprint density at radius 1 is 1.16 bits per heavy atom. The summed E-state index contributed by atoms with van der Waals surface area (Å²) in [5.41, 5.74) is 4.26. The Morgan fingerprint density at radius 3 is 2.66 bits per heavy atom. The van der Waals surface area contributed by atoms with Crippen molar-refractivity contribution in [1.29, 1.82) is 0 Å². The molecule has 4 atom stereocenters. The molecule has 2 aliphatic heterocycles. The van der Waals surface area contributed by atoms with Gasteiger partial charge in [0.25, 0.3) is 0 Å². The zero-order valence-corrected chi connectivity index (χ0v) is 24.1. The van der Waals surface area contributed by atoms with Crippen LogP contribution in [0, 0.1) is 17.8 Å². The highest BCUT2D eigenvalue weighted by molar-refractivity contribution is 9.10. The number of imide groups is 1. The molecule has 0 unspecified atom stereocenters. The standard InChI is InChI=1S/C30H39BBrNO5/c1-3-7-19(15-20-16-21(32)11-12-25(20)34)10-13-26-27-18(2)14-23-28(24(27)17-31(37)38-26)30(36)33(29(23)35)22-8-5-4-6-9-22/h11-12,15-16,22-24,26,28,34,37H,3-10,13-14,17H2,1-2H3/b19-15+/t23-,24+,26-,28-/m1/s1. The lowest BCUT2D eigenvalue weighted by molar-refractivity contribution is -0.143. The number of aromatic hydroxyl groups is 1. The van der Waals surface area contributed by atoms with Gasteiger partial charge in [-0.05, 0) is 81.5 Å². The van der Waals surface area contributed by atoms with Gasteiger partial charge in [0.05, 0.1) is 17.9 Å². The zero-order valence-electron chi connectivity index (χ0n) is 22.5. The van der Waals surface area contributed by atoms with E-state index < -0.39 is 7.12 Å². The summed E-state index contributed by atoms with van der Waals surface area (Å²) in [6, 6.07) is 5.46. The van der Waals surface area contributed by atoms with Crippen LogP contribution in [0.3, 0.4) is 0 Å². The van der Waals surface area contributed by atoms with Gasteiger partial charge in [0, 0.05) is 16.1 Å². The molecular formula is C30H39BBrNO5. The molecule has 6 nitrogen and oxygen atoms in total. The van der Waals surface area contributed by atoms with Crippen molar-refractivity contribution in [2.45, 2.75) is 96.5 Å². The number of rotatable bonds is 7. The average molecular weight is 584 g/mol. The first-order valence-electron chi connectivity index (χ1n) is 14.4. The third kappa shape index (κ3) is 5.41. The summed E-state index contributed by atoms with van der Waals surface area (Å²) in [7, 11) is -0.945. The molecule has 5 rings (SSSR count). The highest BCUT2D eigenvalue weighted by atomic mass is 79.9. The number of benzene rings is 1. The highest BCUT2D eigenvalue weighted by Crippen LogP contribution is 2.51. The summed E-state index contributed by atoms with van der Waals surface area (Å²) < 4.78 is 7.02. The van der Waals surface area contributed by atoms with E-state index in [4.69, 9.17) is 4.65 Å². The lowest BCUT2D eigenvalue weighted by Gasteiger charge is -2.42. The molecule has 8 heteroatoms. The first kappa shape index (κ1) is 27.7. The largest absolute Gasteiger partial charge is 0.507 e.